The van der Waals surface area contributed by atoms with Gasteiger partial charge >= 0.3 is 6.11 Å². The van der Waals surface area contributed by atoms with Crippen LogP contribution in [0.3, 0.4) is 0 Å². The number of hydrogen-bond acceptors (Lipinski definition) is 2. The molecule has 0 spiro atoms. The Labute approximate surface area is 86.4 Å². The molecule has 0 N–H and O–H groups in total. The van der Waals surface area contributed by atoms with Crippen LogP contribution in [0.15, 0.2) is 0 Å². The first kappa shape index (κ1) is 29.2. The van der Waals surface area contributed by atoms with Gasteiger partial charge in [-0.05, 0) is 6.92 Å². The zero-order chi connectivity index (χ0) is 10.6. The van der Waals surface area contributed by atoms with Gasteiger partial charge in [-0.2, -0.15) is 8.78 Å². The molecule has 0 aliphatic rings. The van der Waals surface area contributed by atoms with E-state index in [4.69, 9.17) is 0 Å². The summed E-state index contributed by atoms with van der Waals surface area (Å²) in [4.78, 5) is 0. The maximum atomic E-state index is 11.2. The number of rotatable bonds is 1. The average Bonchev–Trinajstić information content (AvgIpc) is 1.90. The molecule has 0 atom stereocenters. The van der Waals surface area contributed by atoms with Gasteiger partial charge in [0.1, 0.15) is 0 Å². The van der Waals surface area contributed by atoms with Crippen molar-refractivity contribution in [3.8, 4) is 0 Å². The summed E-state index contributed by atoms with van der Waals surface area (Å²) in [7, 11) is 4.21. The smallest absolute Gasteiger partial charge is 0.352 e. The van der Waals surface area contributed by atoms with Crippen molar-refractivity contribution in [1.29, 1.82) is 0 Å². The molecule has 94 valence electrons. The van der Waals surface area contributed by atoms with Gasteiger partial charge in [0.25, 0.3) is 0 Å². The lowest BCUT2D eigenvalue weighted by atomic mass is 10.8. The summed E-state index contributed by atoms with van der Waals surface area (Å²) in [6.45, 7) is 1.90. The largest absolute Gasteiger partial charge is 0.388 e. The van der Waals surface area contributed by atoms with Crippen LogP contribution in [0.5, 0.6) is 0 Å². The molecule has 0 saturated carbocycles. The highest BCUT2D eigenvalue weighted by atomic mass is 19.3. The Morgan fingerprint density at radius 3 is 1.14 bits per heavy atom. The van der Waals surface area contributed by atoms with Crippen molar-refractivity contribution in [3.63, 3.8) is 0 Å². The lowest BCUT2D eigenvalue weighted by molar-refractivity contribution is -0.205. The van der Waals surface area contributed by atoms with Crippen LogP contribution in [0.4, 0.5) is 13.2 Å². The standard InChI is InChI=1S/C3H6F2O.C2H5F.C2H6O.2CH4/c1-3(4,5)6-2;1-2-3;1-3-2;;/h1-2H3;2H2,1H3;1-2H3;2*1H4. The molecule has 5 heteroatoms. The van der Waals surface area contributed by atoms with Crippen molar-refractivity contribution in [2.24, 2.45) is 0 Å². The van der Waals surface area contributed by atoms with Crippen molar-refractivity contribution in [3.05, 3.63) is 0 Å². The molecule has 0 heterocycles. The maximum absolute atomic E-state index is 11.2. The first-order valence-electron chi connectivity index (χ1n) is 3.28. The number of hydrogen-bond donors (Lipinski definition) is 0. The molecule has 0 rings (SSSR count). The third-order valence-electron chi connectivity index (χ3n) is 0.358. The van der Waals surface area contributed by atoms with Gasteiger partial charge in [-0.15, -0.1) is 0 Å². The second kappa shape index (κ2) is 23.0. The molecule has 0 aromatic carbocycles. The van der Waals surface area contributed by atoms with Gasteiger partial charge in [0, 0.05) is 28.3 Å². The summed E-state index contributed by atoms with van der Waals surface area (Å²) in [5.41, 5.74) is 0. The molecule has 0 unspecified atom stereocenters. The molecular formula is C9H25F3O2. The number of methoxy groups -OCH3 is 2. The second-order valence-electron chi connectivity index (χ2n) is 1.69. The fourth-order valence-corrected chi connectivity index (χ4v) is 0. The Bertz CT molecular complexity index is 63.6. The minimum absolute atomic E-state index is 0. The minimum Gasteiger partial charge on any atom is -0.388 e. The molecular weight excluding hydrogens is 197 g/mol. The SMILES string of the molecule is C.C.CCF.COC.COC(C)(F)F. The highest BCUT2D eigenvalue weighted by molar-refractivity contribution is 4.30. The van der Waals surface area contributed by atoms with E-state index in [-0.39, 0.29) is 21.5 Å². The van der Waals surface area contributed by atoms with Gasteiger partial charge in [-0.25, -0.2) is 0 Å². The summed E-state index contributed by atoms with van der Waals surface area (Å²) < 4.78 is 40.6. The zero-order valence-electron chi connectivity index (χ0n) is 8.16. The van der Waals surface area contributed by atoms with Crippen LogP contribution in [0.1, 0.15) is 28.7 Å². The summed E-state index contributed by atoms with van der Waals surface area (Å²) in [6.07, 6.45) is -2.96. The minimum atomic E-state index is -2.96. The molecule has 0 radical (unpaired) electrons. The molecule has 0 aliphatic carbocycles. The molecule has 0 saturated heterocycles. The van der Waals surface area contributed by atoms with E-state index in [9.17, 15) is 13.2 Å². The summed E-state index contributed by atoms with van der Waals surface area (Å²) >= 11 is 0. The second-order valence-corrected chi connectivity index (χ2v) is 1.69. The van der Waals surface area contributed by atoms with Gasteiger partial charge < -0.3 is 9.47 Å². The summed E-state index contributed by atoms with van der Waals surface area (Å²) in [6, 6.07) is 0. The Morgan fingerprint density at radius 2 is 1.14 bits per heavy atom. The van der Waals surface area contributed by atoms with Crippen LogP contribution in [-0.2, 0) is 9.47 Å². The van der Waals surface area contributed by atoms with E-state index >= 15 is 0 Å². The monoisotopic (exact) mass is 222 g/mol. The predicted octanol–water partition coefficient (Wildman–Crippen LogP) is 3.76. The summed E-state index contributed by atoms with van der Waals surface area (Å²) in [5, 5.41) is 0. The maximum Gasteiger partial charge on any atom is 0.352 e. The van der Waals surface area contributed by atoms with Crippen LogP contribution < -0.4 is 0 Å². The van der Waals surface area contributed by atoms with Crippen molar-refractivity contribution in [2.45, 2.75) is 34.8 Å². The van der Waals surface area contributed by atoms with E-state index in [1.807, 2.05) is 0 Å². The van der Waals surface area contributed by atoms with E-state index in [1.54, 1.807) is 14.2 Å². The van der Waals surface area contributed by atoms with Gasteiger partial charge in [-0.1, -0.05) is 14.9 Å². The van der Waals surface area contributed by atoms with Crippen LogP contribution in [0, 0.1) is 0 Å². The van der Waals surface area contributed by atoms with E-state index in [2.05, 4.69) is 9.47 Å². The molecule has 2 nitrogen and oxygen atoms in total. The number of alkyl halides is 3. The van der Waals surface area contributed by atoms with Crippen LogP contribution in [0.2, 0.25) is 0 Å². The predicted molar refractivity (Wildman–Crippen MR) is 55.7 cm³/mol. The molecule has 14 heavy (non-hydrogen) atoms. The molecule has 0 amide bonds. The highest BCUT2D eigenvalue weighted by Crippen LogP contribution is 2.09. The molecule has 0 aromatic rings. The van der Waals surface area contributed by atoms with Crippen molar-refractivity contribution in [1.82, 2.24) is 0 Å². The van der Waals surface area contributed by atoms with Gasteiger partial charge in [-0.3, -0.25) is 4.39 Å². The van der Waals surface area contributed by atoms with E-state index in [1.165, 1.54) is 6.92 Å². The van der Waals surface area contributed by atoms with Crippen LogP contribution in [-0.4, -0.2) is 34.1 Å². The van der Waals surface area contributed by atoms with Crippen molar-refractivity contribution in [2.75, 3.05) is 28.0 Å². The number of halogens is 3. The van der Waals surface area contributed by atoms with Crippen LogP contribution >= 0.6 is 0 Å². The fraction of sp³-hybridized carbons (Fsp3) is 1.00. The third-order valence-corrected chi connectivity index (χ3v) is 0.358. The topological polar surface area (TPSA) is 18.5 Å². The molecule has 0 fully saturated rings. The fourth-order valence-electron chi connectivity index (χ4n) is 0. The first-order valence-corrected chi connectivity index (χ1v) is 3.28. The quantitative estimate of drug-likeness (QED) is 0.672. The average molecular weight is 222 g/mol. The molecule has 0 aromatic heterocycles. The Morgan fingerprint density at radius 1 is 1.07 bits per heavy atom. The Hall–Kier alpha value is -0.290. The van der Waals surface area contributed by atoms with Crippen molar-refractivity contribution >= 4 is 0 Å². The normalized spacial score (nSPS) is 7.71. The van der Waals surface area contributed by atoms with Gasteiger partial charge in [0.15, 0.2) is 0 Å². The van der Waals surface area contributed by atoms with Crippen molar-refractivity contribution < 1.29 is 22.6 Å². The van der Waals surface area contributed by atoms with Crippen LogP contribution in [0.25, 0.3) is 0 Å². The third kappa shape index (κ3) is 183. The van der Waals surface area contributed by atoms with Gasteiger partial charge in [0.2, 0.25) is 0 Å². The molecule has 0 bridgehead atoms. The Kier molecular flexibility index (Phi) is 47.9. The number of ether oxygens (including phenoxy) is 2. The van der Waals surface area contributed by atoms with E-state index < -0.39 is 6.11 Å². The lowest BCUT2D eigenvalue weighted by Crippen LogP contribution is -2.10. The first-order chi connectivity index (χ1) is 5.39. The molecule has 0 aliphatic heterocycles. The highest BCUT2D eigenvalue weighted by Gasteiger charge is 2.17. The van der Waals surface area contributed by atoms with E-state index in [0.29, 0.717) is 6.92 Å². The lowest BCUT2D eigenvalue weighted by Gasteiger charge is -2.03. The zero-order valence-corrected chi connectivity index (χ0v) is 8.16. The van der Waals surface area contributed by atoms with E-state index in [0.717, 1.165) is 7.11 Å². The van der Waals surface area contributed by atoms with Gasteiger partial charge in [0.05, 0.1) is 6.67 Å². The Balaban J connectivity index is -0.0000000297. The summed E-state index contributed by atoms with van der Waals surface area (Å²) in [5.74, 6) is 0.